The van der Waals surface area contributed by atoms with Crippen molar-refractivity contribution in [2.24, 2.45) is 0 Å². The van der Waals surface area contributed by atoms with Crippen molar-refractivity contribution in [3.8, 4) is 0 Å². The topological polar surface area (TPSA) is 37.8 Å². The van der Waals surface area contributed by atoms with Crippen molar-refractivity contribution >= 4 is 26.7 Å². The van der Waals surface area contributed by atoms with Crippen molar-refractivity contribution in [1.82, 2.24) is 9.97 Å². The molecule has 68 valence electrons. The van der Waals surface area contributed by atoms with Crippen LogP contribution in [0, 0.1) is 0 Å². The van der Waals surface area contributed by atoms with E-state index in [4.69, 9.17) is 0 Å². The van der Waals surface area contributed by atoms with Gasteiger partial charge in [0.2, 0.25) is 0 Å². The van der Waals surface area contributed by atoms with Gasteiger partial charge in [-0.3, -0.25) is 4.98 Å². The summed E-state index contributed by atoms with van der Waals surface area (Å²) in [5.74, 6) is 0. The number of nitrogens with zero attached hydrogens (tertiary/aromatic N) is 2. The molecule has 0 aromatic carbocycles. The van der Waals surface area contributed by atoms with Gasteiger partial charge in [0, 0.05) is 24.5 Å². The van der Waals surface area contributed by atoms with Gasteiger partial charge in [0.1, 0.15) is 10.3 Å². The summed E-state index contributed by atoms with van der Waals surface area (Å²) in [6.45, 7) is 4.23. The maximum Gasteiger partial charge on any atom is 0.143 e. The molecule has 13 heavy (non-hydrogen) atoms. The lowest BCUT2D eigenvalue weighted by Crippen LogP contribution is -2.07. The highest BCUT2D eigenvalue weighted by atomic mass is 32.1. The molecule has 0 unspecified atom stereocenters. The van der Waals surface area contributed by atoms with Crippen molar-refractivity contribution in [3.05, 3.63) is 18.5 Å². The Balaban J connectivity index is 2.38. The van der Waals surface area contributed by atoms with Crippen LogP contribution in [0.3, 0.4) is 0 Å². The van der Waals surface area contributed by atoms with Gasteiger partial charge in [-0.05, 0) is 13.8 Å². The van der Waals surface area contributed by atoms with E-state index in [9.17, 15) is 0 Å². The molecule has 3 nitrogen and oxygen atoms in total. The molecule has 0 spiro atoms. The molecule has 2 aromatic rings. The molecular formula is C9H11N3S. The van der Waals surface area contributed by atoms with E-state index in [1.807, 2.05) is 6.07 Å². The number of nitrogens with one attached hydrogen (secondary N) is 1. The summed E-state index contributed by atoms with van der Waals surface area (Å²) >= 11 is 1.64. The predicted octanol–water partition coefficient (Wildman–Crippen LogP) is 2.51. The number of aromatic nitrogens is 2. The van der Waals surface area contributed by atoms with E-state index in [1.54, 1.807) is 23.7 Å². The molecule has 2 rings (SSSR count). The van der Waals surface area contributed by atoms with Crippen molar-refractivity contribution in [2.45, 2.75) is 19.9 Å². The van der Waals surface area contributed by atoms with Crippen molar-refractivity contribution in [2.75, 3.05) is 5.32 Å². The third-order valence-electron chi connectivity index (χ3n) is 1.60. The molecule has 0 atom stereocenters. The smallest absolute Gasteiger partial charge is 0.143 e. The van der Waals surface area contributed by atoms with E-state index in [0.717, 1.165) is 15.3 Å². The molecule has 0 bridgehead atoms. The Kier molecular flexibility index (Phi) is 2.14. The molecule has 0 aliphatic rings. The van der Waals surface area contributed by atoms with E-state index < -0.39 is 0 Å². The number of anilines is 1. The Bertz CT molecular complexity index is 375. The molecule has 0 aliphatic carbocycles. The maximum absolute atomic E-state index is 4.23. The zero-order valence-corrected chi connectivity index (χ0v) is 8.43. The van der Waals surface area contributed by atoms with Crippen LogP contribution in [0.5, 0.6) is 0 Å². The van der Waals surface area contributed by atoms with Crippen LogP contribution in [0.4, 0.5) is 5.00 Å². The average molecular weight is 193 g/mol. The van der Waals surface area contributed by atoms with Gasteiger partial charge < -0.3 is 5.32 Å². The molecule has 4 heteroatoms. The number of hydrogen-bond acceptors (Lipinski definition) is 4. The van der Waals surface area contributed by atoms with Gasteiger partial charge in [0.25, 0.3) is 0 Å². The fourth-order valence-corrected chi connectivity index (χ4v) is 2.13. The molecule has 0 aliphatic heterocycles. The summed E-state index contributed by atoms with van der Waals surface area (Å²) in [4.78, 5) is 9.43. The second-order valence-electron chi connectivity index (χ2n) is 3.16. The summed E-state index contributed by atoms with van der Waals surface area (Å²) in [5.41, 5.74) is 0.968. The zero-order valence-electron chi connectivity index (χ0n) is 7.61. The lowest BCUT2D eigenvalue weighted by Gasteiger charge is -2.04. The van der Waals surface area contributed by atoms with E-state index in [2.05, 4.69) is 29.1 Å². The van der Waals surface area contributed by atoms with Gasteiger partial charge in [0.15, 0.2) is 0 Å². The van der Waals surface area contributed by atoms with Crippen molar-refractivity contribution < 1.29 is 0 Å². The summed E-state index contributed by atoms with van der Waals surface area (Å²) in [6, 6.07) is 2.49. The van der Waals surface area contributed by atoms with Crippen LogP contribution in [-0.2, 0) is 0 Å². The first kappa shape index (κ1) is 8.44. The fourth-order valence-electron chi connectivity index (χ4n) is 1.13. The molecule has 2 heterocycles. The number of hydrogen-bond donors (Lipinski definition) is 1. The molecule has 2 aromatic heterocycles. The minimum atomic E-state index is 0.452. The molecule has 0 saturated heterocycles. The molecule has 0 amide bonds. The monoisotopic (exact) mass is 193 g/mol. The van der Waals surface area contributed by atoms with E-state index in [1.165, 1.54) is 0 Å². The van der Waals surface area contributed by atoms with Crippen LogP contribution in [0.15, 0.2) is 18.5 Å². The Morgan fingerprint density at radius 2 is 2.08 bits per heavy atom. The van der Waals surface area contributed by atoms with E-state index in [-0.39, 0.29) is 0 Å². The SMILES string of the molecule is CC(C)Nc1cc2nccnc2s1. The lowest BCUT2D eigenvalue weighted by molar-refractivity contribution is 0.904. The highest BCUT2D eigenvalue weighted by molar-refractivity contribution is 7.22. The largest absolute Gasteiger partial charge is 0.375 e. The summed E-state index contributed by atoms with van der Waals surface area (Å²) in [5, 5.41) is 4.47. The van der Waals surface area contributed by atoms with Gasteiger partial charge in [-0.15, -0.1) is 0 Å². The minimum Gasteiger partial charge on any atom is -0.375 e. The second kappa shape index (κ2) is 3.30. The van der Waals surface area contributed by atoms with Gasteiger partial charge in [-0.1, -0.05) is 11.3 Å². The minimum absolute atomic E-state index is 0.452. The van der Waals surface area contributed by atoms with Crippen molar-refractivity contribution in [1.29, 1.82) is 0 Å². The third-order valence-corrected chi connectivity index (χ3v) is 2.56. The lowest BCUT2D eigenvalue weighted by atomic mass is 10.4. The molecular weight excluding hydrogens is 182 g/mol. The van der Waals surface area contributed by atoms with Crippen LogP contribution < -0.4 is 5.32 Å². The standard InChI is InChI=1S/C9H11N3S/c1-6(2)12-8-5-7-9(13-8)11-4-3-10-7/h3-6,12H,1-2H3. The van der Waals surface area contributed by atoms with Crippen LogP contribution in [0.25, 0.3) is 10.3 Å². The Hall–Kier alpha value is -1.16. The quantitative estimate of drug-likeness (QED) is 0.796. The van der Waals surface area contributed by atoms with E-state index in [0.29, 0.717) is 6.04 Å². The number of fused-ring (bicyclic) bond motifs is 1. The normalized spacial score (nSPS) is 11.0. The summed E-state index contributed by atoms with van der Waals surface area (Å²) in [7, 11) is 0. The first-order chi connectivity index (χ1) is 6.25. The highest BCUT2D eigenvalue weighted by Crippen LogP contribution is 2.26. The second-order valence-corrected chi connectivity index (χ2v) is 4.19. The average Bonchev–Trinajstić information content (AvgIpc) is 2.44. The molecule has 1 N–H and O–H groups in total. The Morgan fingerprint density at radius 3 is 2.77 bits per heavy atom. The fraction of sp³-hybridized carbons (Fsp3) is 0.333. The van der Waals surface area contributed by atoms with Gasteiger partial charge in [-0.2, -0.15) is 0 Å². The molecule has 0 saturated carbocycles. The van der Waals surface area contributed by atoms with Crippen LogP contribution in [-0.4, -0.2) is 16.0 Å². The highest BCUT2D eigenvalue weighted by Gasteiger charge is 2.03. The van der Waals surface area contributed by atoms with Crippen LogP contribution >= 0.6 is 11.3 Å². The Morgan fingerprint density at radius 1 is 1.31 bits per heavy atom. The molecule has 0 fully saturated rings. The zero-order chi connectivity index (χ0) is 9.26. The third kappa shape index (κ3) is 1.78. The van der Waals surface area contributed by atoms with Gasteiger partial charge in [0.05, 0.1) is 5.00 Å². The number of thiophene rings is 1. The Labute approximate surface area is 80.8 Å². The first-order valence-corrected chi connectivity index (χ1v) is 5.04. The molecule has 0 radical (unpaired) electrons. The summed E-state index contributed by atoms with van der Waals surface area (Å²) in [6.07, 6.45) is 3.44. The van der Waals surface area contributed by atoms with E-state index >= 15 is 0 Å². The predicted molar refractivity (Wildman–Crippen MR) is 56.2 cm³/mol. The van der Waals surface area contributed by atoms with Crippen LogP contribution in [0.1, 0.15) is 13.8 Å². The van der Waals surface area contributed by atoms with Gasteiger partial charge in [-0.25, -0.2) is 4.98 Å². The van der Waals surface area contributed by atoms with Crippen molar-refractivity contribution in [3.63, 3.8) is 0 Å². The summed E-state index contributed by atoms with van der Waals surface area (Å²) < 4.78 is 0. The maximum atomic E-state index is 4.23. The van der Waals surface area contributed by atoms with Crippen LogP contribution in [0.2, 0.25) is 0 Å². The number of rotatable bonds is 2. The first-order valence-electron chi connectivity index (χ1n) is 4.23. The van der Waals surface area contributed by atoms with Gasteiger partial charge >= 0.3 is 0 Å².